The van der Waals surface area contributed by atoms with Crippen LogP contribution in [0.25, 0.3) is 0 Å². The number of ether oxygens (including phenoxy) is 2. The van der Waals surface area contributed by atoms with Crippen LogP contribution in [-0.4, -0.2) is 17.0 Å². The predicted octanol–water partition coefficient (Wildman–Crippen LogP) is 3.55. The molecule has 2 aromatic rings. The SMILES string of the molecule is COc1ccc([N+](=O)[O-])c(Oc2cccc(Br)c2)n1. The Morgan fingerprint density at radius 3 is 2.74 bits per heavy atom. The number of hydrogen-bond donors (Lipinski definition) is 0. The summed E-state index contributed by atoms with van der Waals surface area (Å²) in [6.45, 7) is 0. The number of methoxy groups -OCH3 is 1. The Labute approximate surface area is 117 Å². The van der Waals surface area contributed by atoms with Crippen molar-refractivity contribution in [2.24, 2.45) is 0 Å². The van der Waals surface area contributed by atoms with Gasteiger partial charge in [0.1, 0.15) is 5.75 Å². The molecular weight excluding hydrogens is 316 g/mol. The highest BCUT2D eigenvalue weighted by Gasteiger charge is 2.18. The van der Waals surface area contributed by atoms with E-state index in [0.29, 0.717) is 5.75 Å². The van der Waals surface area contributed by atoms with Gasteiger partial charge in [0.05, 0.1) is 12.0 Å². The minimum Gasteiger partial charge on any atom is -0.481 e. The molecule has 6 nitrogen and oxygen atoms in total. The molecule has 0 aliphatic heterocycles. The zero-order chi connectivity index (χ0) is 13.8. The van der Waals surface area contributed by atoms with Crippen molar-refractivity contribution in [1.82, 2.24) is 4.98 Å². The molecule has 98 valence electrons. The summed E-state index contributed by atoms with van der Waals surface area (Å²) in [6, 6.07) is 9.64. The van der Waals surface area contributed by atoms with Crippen LogP contribution < -0.4 is 9.47 Å². The molecule has 2 rings (SSSR count). The number of benzene rings is 1. The van der Waals surface area contributed by atoms with Crippen LogP contribution in [0.5, 0.6) is 17.5 Å². The fourth-order valence-corrected chi connectivity index (χ4v) is 1.76. The second kappa shape index (κ2) is 5.66. The normalized spacial score (nSPS) is 10.0. The van der Waals surface area contributed by atoms with Gasteiger partial charge in [-0.05, 0) is 18.2 Å². The lowest BCUT2D eigenvalue weighted by Gasteiger charge is -2.07. The number of rotatable bonds is 4. The summed E-state index contributed by atoms with van der Waals surface area (Å²) < 4.78 is 11.2. The van der Waals surface area contributed by atoms with E-state index in [0.717, 1.165) is 4.47 Å². The number of hydrogen-bond acceptors (Lipinski definition) is 5. The van der Waals surface area contributed by atoms with E-state index in [1.165, 1.54) is 19.2 Å². The smallest absolute Gasteiger partial charge is 0.331 e. The molecule has 0 aliphatic carbocycles. The summed E-state index contributed by atoms with van der Waals surface area (Å²) in [5, 5.41) is 10.9. The summed E-state index contributed by atoms with van der Waals surface area (Å²) in [5.41, 5.74) is -0.222. The maximum absolute atomic E-state index is 10.9. The quantitative estimate of drug-likeness (QED) is 0.635. The highest BCUT2D eigenvalue weighted by atomic mass is 79.9. The van der Waals surface area contributed by atoms with Gasteiger partial charge in [-0.3, -0.25) is 10.1 Å². The number of aromatic nitrogens is 1. The minimum absolute atomic E-state index is 0.109. The van der Waals surface area contributed by atoms with Crippen LogP contribution >= 0.6 is 15.9 Å². The summed E-state index contributed by atoms with van der Waals surface area (Å²) in [4.78, 5) is 14.3. The highest BCUT2D eigenvalue weighted by molar-refractivity contribution is 9.10. The summed E-state index contributed by atoms with van der Waals surface area (Å²) in [6.07, 6.45) is 0. The van der Waals surface area contributed by atoms with Crippen molar-refractivity contribution in [2.45, 2.75) is 0 Å². The number of halogens is 1. The van der Waals surface area contributed by atoms with Crippen LogP contribution in [0.15, 0.2) is 40.9 Å². The van der Waals surface area contributed by atoms with Crippen LogP contribution in [0.4, 0.5) is 5.69 Å². The number of nitro groups is 1. The molecule has 0 spiro atoms. The van der Waals surface area contributed by atoms with E-state index in [4.69, 9.17) is 9.47 Å². The molecule has 0 radical (unpaired) electrons. The van der Waals surface area contributed by atoms with Gasteiger partial charge < -0.3 is 9.47 Å². The van der Waals surface area contributed by atoms with Gasteiger partial charge in [-0.15, -0.1) is 0 Å². The van der Waals surface area contributed by atoms with E-state index in [1.807, 2.05) is 6.07 Å². The molecule has 0 unspecified atom stereocenters. The third-order valence-electron chi connectivity index (χ3n) is 2.23. The molecule has 1 aromatic heterocycles. The molecule has 0 saturated heterocycles. The van der Waals surface area contributed by atoms with Gasteiger partial charge in [-0.25, -0.2) is 0 Å². The molecule has 7 heteroatoms. The zero-order valence-corrected chi connectivity index (χ0v) is 11.5. The van der Waals surface area contributed by atoms with E-state index in [-0.39, 0.29) is 17.4 Å². The van der Waals surface area contributed by atoms with Crippen LogP contribution in [-0.2, 0) is 0 Å². The summed E-state index contributed by atoms with van der Waals surface area (Å²) in [7, 11) is 1.43. The van der Waals surface area contributed by atoms with Crippen LogP contribution in [0.1, 0.15) is 0 Å². The van der Waals surface area contributed by atoms with E-state index in [1.54, 1.807) is 18.2 Å². The largest absolute Gasteiger partial charge is 0.481 e. The predicted molar refractivity (Wildman–Crippen MR) is 71.7 cm³/mol. The van der Waals surface area contributed by atoms with Gasteiger partial charge in [0.25, 0.3) is 0 Å². The molecular formula is C12H9BrN2O4. The molecule has 19 heavy (non-hydrogen) atoms. The van der Waals surface area contributed by atoms with Crippen LogP contribution in [0.2, 0.25) is 0 Å². The van der Waals surface area contributed by atoms with Gasteiger partial charge in [-0.1, -0.05) is 22.0 Å². The first kappa shape index (κ1) is 13.3. The summed E-state index contributed by atoms with van der Waals surface area (Å²) >= 11 is 3.29. The number of nitrogens with zero attached hydrogens (tertiary/aromatic N) is 2. The molecule has 1 aromatic carbocycles. The van der Waals surface area contributed by atoms with Gasteiger partial charge in [0, 0.05) is 16.6 Å². The third kappa shape index (κ3) is 3.19. The molecule has 0 atom stereocenters. The lowest BCUT2D eigenvalue weighted by molar-refractivity contribution is -0.386. The van der Waals surface area contributed by atoms with Gasteiger partial charge >= 0.3 is 11.6 Å². The van der Waals surface area contributed by atoms with Crippen molar-refractivity contribution in [3.63, 3.8) is 0 Å². The van der Waals surface area contributed by atoms with E-state index in [9.17, 15) is 10.1 Å². The fraction of sp³-hybridized carbons (Fsp3) is 0.0833. The number of pyridine rings is 1. The first-order chi connectivity index (χ1) is 9.10. The Balaban J connectivity index is 2.39. The molecule has 0 fully saturated rings. The van der Waals surface area contributed by atoms with Crippen molar-refractivity contribution in [1.29, 1.82) is 0 Å². The van der Waals surface area contributed by atoms with Gasteiger partial charge in [-0.2, -0.15) is 4.98 Å². The fourth-order valence-electron chi connectivity index (χ4n) is 1.39. The van der Waals surface area contributed by atoms with Crippen molar-refractivity contribution in [2.75, 3.05) is 7.11 Å². The van der Waals surface area contributed by atoms with Gasteiger partial charge in [0.15, 0.2) is 0 Å². The Morgan fingerprint density at radius 1 is 1.32 bits per heavy atom. The average molecular weight is 325 g/mol. The second-order valence-corrected chi connectivity index (χ2v) is 4.41. The first-order valence-electron chi connectivity index (χ1n) is 5.23. The second-order valence-electron chi connectivity index (χ2n) is 3.49. The Kier molecular flexibility index (Phi) is 3.96. The van der Waals surface area contributed by atoms with Crippen LogP contribution in [0, 0.1) is 10.1 Å². The zero-order valence-electron chi connectivity index (χ0n) is 9.87. The Bertz CT molecular complexity index is 618. The van der Waals surface area contributed by atoms with E-state index >= 15 is 0 Å². The molecule has 0 aliphatic rings. The monoisotopic (exact) mass is 324 g/mol. The van der Waals surface area contributed by atoms with E-state index in [2.05, 4.69) is 20.9 Å². The average Bonchev–Trinajstić information content (AvgIpc) is 2.38. The Hall–Kier alpha value is -2.15. The van der Waals surface area contributed by atoms with Crippen molar-refractivity contribution in [3.05, 3.63) is 51.0 Å². The molecule has 1 heterocycles. The topological polar surface area (TPSA) is 74.5 Å². The van der Waals surface area contributed by atoms with Crippen molar-refractivity contribution >= 4 is 21.6 Å². The first-order valence-corrected chi connectivity index (χ1v) is 6.02. The van der Waals surface area contributed by atoms with Crippen molar-refractivity contribution < 1.29 is 14.4 Å². The highest BCUT2D eigenvalue weighted by Crippen LogP contribution is 2.32. The maximum Gasteiger partial charge on any atom is 0.331 e. The lowest BCUT2D eigenvalue weighted by atomic mass is 10.3. The molecule has 0 amide bonds. The molecule has 0 N–H and O–H groups in total. The standard InChI is InChI=1S/C12H9BrN2O4/c1-18-11-6-5-10(15(16)17)12(14-11)19-9-4-2-3-8(13)7-9/h2-7H,1H3. The lowest BCUT2D eigenvalue weighted by Crippen LogP contribution is -1.97. The molecule has 0 saturated carbocycles. The van der Waals surface area contributed by atoms with Crippen molar-refractivity contribution in [3.8, 4) is 17.5 Å². The van der Waals surface area contributed by atoms with Gasteiger partial charge in [0.2, 0.25) is 5.88 Å². The Morgan fingerprint density at radius 2 is 2.11 bits per heavy atom. The summed E-state index contributed by atoms with van der Waals surface area (Å²) in [5.74, 6) is 0.580. The van der Waals surface area contributed by atoms with Crippen LogP contribution in [0.3, 0.4) is 0 Å². The maximum atomic E-state index is 10.9. The molecule has 0 bridgehead atoms. The third-order valence-corrected chi connectivity index (χ3v) is 2.72. The minimum atomic E-state index is -0.556. The van der Waals surface area contributed by atoms with E-state index < -0.39 is 4.92 Å².